The Morgan fingerprint density at radius 2 is 1.44 bits per heavy atom. The van der Waals surface area contributed by atoms with Crippen molar-refractivity contribution in [2.75, 3.05) is 47.3 Å². The zero-order valence-corrected chi connectivity index (χ0v) is 38.9. The van der Waals surface area contributed by atoms with E-state index in [1.165, 1.54) is 61.3 Å². The maximum atomic E-state index is 13.3. The van der Waals surface area contributed by atoms with E-state index in [4.69, 9.17) is 58.9 Å². The molecule has 0 saturated heterocycles. The molecule has 0 unspecified atom stereocenters. The lowest BCUT2D eigenvalue weighted by Gasteiger charge is -2.36. The summed E-state index contributed by atoms with van der Waals surface area (Å²) in [6.45, 7) is 2.86. The minimum absolute atomic E-state index is 0.0642. The predicted octanol–water partition coefficient (Wildman–Crippen LogP) is 11.3. The molecule has 334 valence electrons. The third kappa shape index (κ3) is 10.3. The Bertz CT molecular complexity index is 2540. The van der Waals surface area contributed by atoms with Crippen molar-refractivity contribution in [2.45, 2.75) is 44.6 Å². The molecule has 0 fully saturated rings. The van der Waals surface area contributed by atoms with Gasteiger partial charge in [-0.2, -0.15) is 0 Å². The summed E-state index contributed by atoms with van der Waals surface area (Å²) in [5.74, 6) is -0.782. The quantitative estimate of drug-likeness (QED) is 0.140. The number of benzene rings is 5. The number of methoxy groups -OCH3 is 3. The highest BCUT2D eigenvalue weighted by molar-refractivity contribution is 6.39. The first-order valence-electron chi connectivity index (χ1n) is 20.7. The number of para-hydroxylation sites is 2. The highest BCUT2D eigenvalue weighted by Crippen LogP contribution is 2.54. The number of ether oxygens (including phenoxy) is 4. The molecule has 1 heterocycles. The standard InChI is InChI=1S/C20H23N.C17H17ClO6.C14H11Cl2NO2/c1-21(2)15-7-12-20-18-10-5-3-8-16(18)13-14-17-9-4-6-11-19(17)20;1-8-5-9(19)6-12(23-4)17(8)16(20)13-10(21-2)7-11(22-3)14(18)15(13)24-17;15-10-5-3-6-11(16)14(10)17-12-7-2-1-4-9(12)8-13(18)19/h3-6,8-12H,7,13-15H2,1-2H3;6-8H,5H2,1-4H3;1-7,17H,8H2,(H,18,19)/t;8-,17+;/m.1./s1. The van der Waals surface area contributed by atoms with Gasteiger partial charge in [-0.25, -0.2) is 0 Å². The van der Waals surface area contributed by atoms with Crippen molar-refractivity contribution in [1.82, 2.24) is 4.90 Å². The van der Waals surface area contributed by atoms with Gasteiger partial charge in [0.25, 0.3) is 0 Å². The number of allylic oxidation sites excluding steroid dienone is 1. The first-order valence-corrected chi connectivity index (χ1v) is 21.9. The monoisotopic (exact) mass is 924 g/mol. The molecule has 64 heavy (non-hydrogen) atoms. The molecule has 1 spiro atoms. The zero-order chi connectivity index (χ0) is 46.1. The van der Waals surface area contributed by atoms with Gasteiger partial charge < -0.3 is 34.3 Å². The number of carboxylic acid groups (broad SMARTS) is 1. The largest absolute Gasteiger partial charge is 0.496 e. The van der Waals surface area contributed by atoms with Crippen molar-refractivity contribution in [2.24, 2.45) is 5.92 Å². The molecule has 13 heteroatoms. The third-order valence-corrected chi connectivity index (χ3v) is 12.3. The number of nitrogens with zero attached hydrogens (tertiary/aromatic N) is 1. The number of fused-ring (bicyclic) bond motifs is 3. The van der Waals surface area contributed by atoms with E-state index in [0.717, 1.165) is 25.8 Å². The minimum Gasteiger partial charge on any atom is -0.496 e. The number of Topliss-reactive ketones (excluding diaryl/α,β-unsaturated/α-hetero) is 1. The van der Waals surface area contributed by atoms with Crippen LogP contribution < -0.4 is 19.5 Å². The second kappa shape index (κ2) is 21.3. The van der Waals surface area contributed by atoms with Gasteiger partial charge in [0.1, 0.15) is 22.1 Å². The molecular formula is C51H51Cl3N2O8. The second-order valence-electron chi connectivity index (χ2n) is 15.7. The summed E-state index contributed by atoms with van der Waals surface area (Å²) in [7, 11) is 8.57. The highest BCUT2D eigenvalue weighted by atomic mass is 35.5. The number of carboxylic acids is 1. The van der Waals surface area contributed by atoms with Gasteiger partial charge in [0.15, 0.2) is 17.3 Å². The Hall–Kier alpha value is -5.78. The van der Waals surface area contributed by atoms with Gasteiger partial charge >= 0.3 is 5.97 Å². The molecule has 10 nitrogen and oxygen atoms in total. The minimum atomic E-state index is -1.42. The Balaban J connectivity index is 0.000000161. The molecule has 0 bridgehead atoms. The average Bonchev–Trinajstić information content (AvgIpc) is 3.49. The summed E-state index contributed by atoms with van der Waals surface area (Å²) in [6.07, 6.45) is 7.20. The Morgan fingerprint density at radius 3 is 2.02 bits per heavy atom. The van der Waals surface area contributed by atoms with Gasteiger partial charge in [0.2, 0.25) is 11.4 Å². The van der Waals surface area contributed by atoms with Crippen molar-refractivity contribution in [1.29, 1.82) is 0 Å². The zero-order valence-electron chi connectivity index (χ0n) is 36.6. The molecule has 8 rings (SSSR count). The molecule has 3 aliphatic rings. The molecule has 0 radical (unpaired) electrons. The number of rotatable bonds is 10. The van der Waals surface area contributed by atoms with E-state index in [1.807, 2.05) is 6.07 Å². The smallest absolute Gasteiger partial charge is 0.307 e. The van der Waals surface area contributed by atoms with Crippen LogP contribution in [0.4, 0.5) is 11.4 Å². The van der Waals surface area contributed by atoms with Crippen LogP contribution in [-0.4, -0.2) is 75.1 Å². The summed E-state index contributed by atoms with van der Waals surface area (Å²) in [5.41, 5.74) is 7.94. The van der Waals surface area contributed by atoms with E-state index in [-0.39, 0.29) is 46.5 Å². The molecule has 5 aromatic rings. The fourth-order valence-electron chi connectivity index (χ4n) is 8.11. The summed E-state index contributed by atoms with van der Waals surface area (Å²) in [5, 5.41) is 13.1. The van der Waals surface area contributed by atoms with Gasteiger partial charge in [0, 0.05) is 36.7 Å². The average molecular weight is 926 g/mol. The second-order valence-corrected chi connectivity index (χ2v) is 16.9. The molecule has 2 atom stereocenters. The van der Waals surface area contributed by atoms with Crippen LogP contribution >= 0.6 is 34.8 Å². The molecule has 1 aliphatic heterocycles. The fourth-order valence-corrected chi connectivity index (χ4v) is 8.87. The normalized spacial score (nSPS) is 16.9. The lowest BCUT2D eigenvalue weighted by Crippen LogP contribution is -2.51. The molecular weight excluding hydrogens is 875 g/mol. The van der Waals surface area contributed by atoms with Gasteiger partial charge in [0.05, 0.1) is 43.5 Å². The van der Waals surface area contributed by atoms with Gasteiger partial charge in [-0.15, -0.1) is 0 Å². The van der Waals surface area contributed by atoms with Crippen molar-refractivity contribution in [3.8, 4) is 17.2 Å². The van der Waals surface area contributed by atoms with Crippen molar-refractivity contribution >= 4 is 69.3 Å². The number of ketones is 2. The number of nitrogens with one attached hydrogen (secondary N) is 1. The fraction of sp³-hybridized carbons (Fsp3) is 0.275. The molecule has 0 amide bonds. The molecule has 0 aromatic heterocycles. The third-order valence-electron chi connectivity index (χ3n) is 11.3. The number of carbonyl (C=O) groups excluding carboxylic acids is 2. The van der Waals surface area contributed by atoms with Crippen LogP contribution in [0.2, 0.25) is 15.1 Å². The lowest BCUT2D eigenvalue weighted by atomic mass is 9.75. The number of hydrogen-bond acceptors (Lipinski definition) is 9. The Labute approximate surface area is 389 Å². The van der Waals surface area contributed by atoms with Crippen LogP contribution in [0.1, 0.15) is 57.9 Å². The van der Waals surface area contributed by atoms with Crippen LogP contribution in [0, 0.1) is 5.92 Å². The molecule has 0 saturated carbocycles. The van der Waals surface area contributed by atoms with Crippen molar-refractivity contribution < 1.29 is 38.4 Å². The number of aliphatic carboxylic acids is 1. The summed E-state index contributed by atoms with van der Waals surface area (Å²) in [6, 6.07) is 31.6. The number of carbonyl (C=O) groups is 3. The lowest BCUT2D eigenvalue weighted by molar-refractivity contribution is -0.136. The maximum Gasteiger partial charge on any atom is 0.307 e. The summed E-state index contributed by atoms with van der Waals surface area (Å²) >= 11 is 18.5. The molecule has 2 aliphatic carbocycles. The summed E-state index contributed by atoms with van der Waals surface area (Å²) < 4.78 is 21.9. The number of anilines is 2. The van der Waals surface area contributed by atoms with Crippen LogP contribution in [0.3, 0.4) is 0 Å². The highest BCUT2D eigenvalue weighted by Gasteiger charge is 2.60. The van der Waals surface area contributed by atoms with E-state index in [1.54, 1.807) is 43.3 Å². The SMILES string of the molecule is CN(C)CCC=C1c2ccccc2CCc2ccccc21.COC1=CC(=O)C[C@@H](C)[C@]12Oc1c(Cl)c(OC)cc(OC)c1C2=O.O=C(O)Cc1ccccc1Nc1c(Cl)cccc1Cl. The number of aryl methyl sites for hydroxylation is 2. The van der Waals surface area contributed by atoms with Crippen LogP contribution in [-0.2, 0) is 33.6 Å². The van der Waals surface area contributed by atoms with Crippen molar-refractivity contribution in [3.05, 3.63) is 163 Å². The maximum absolute atomic E-state index is 13.3. The van der Waals surface area contributed by atoms with E-state index in [9.17, 15) is 14.4 Å². The first kappa shape index (κ1) is 47.7. The van der Waals surface area contributed by atoms with Crippen molar-refractivity contribution in [3.63, 3.8) is 0 Å². The Kier molecular flexibility index (Phi) is 15.8. The van der Waals surface area contributed by atoms with Gasteiger partial charge in [-0.3, -0.25) is 14.4 Å². The first-order chi connectivity index (χ1) is 30.7. The number of hydrogen-bond donors (Lipinski definition) is 2. The van der Waals surface area contributed by atoms with Crippen LogP contribution in [0.25, 0.3) is 5.57 Å². The van der Waals surface area contributed by atoms with Crippen LogP contribution in [0.15, 0.2) is 115 Å². The molecule has 2 N–H and O–H groups in total. The van der Waals surface area contributed by atoms with Gasteiger partial charge in [-0.05, 0) is 84.9 Å². The molecule has 5 aromatic carbocycles. The van der Waals surface area contributed by atoms with E-state index in [0.29, 0.717) is 38.5 Å². The number of halogens is 3. The van der Waals surface area contributed by atoms with Gasteiger partial charge in [-0.1, -0.05) is 121 Å². The summed E-state index contributed by atoms with van der Waals surface area (Å²) in [4.78, 5) is 38.2. The predicted molar refractivity (Wildman–Crippen MR) is 254 cm³/mol. The van der Waals surface area contributed by atoms with Crippen LogP contribution in [0.5, 0.6) is 17.2 Å². The van der Waals surface area contributed by atoms with E-state index >= 15 is 0 Å². The van der Waals surface area contributed by atoms with E-state index < -0.39 is 17.5 Å². The Morgan fingerprint density at radius 1 is 0.844 bits per heavy atom. The van der Waals surface area contributed by atoms with E-state index in [2.05, 4.69) is 78.9 Å². The topological polar surface area (TPSA) is 124 Å².